The van der Waals surface area contributed by atoms with Gasteiger partial charge in [0.05, 0.1) is 24.2 Å². The zero-order valence-electron chi connectivity index (χ0n) is 34.8. The Kier molecular flexibility index (Phi) is 35.3. The molecule has 8 heteroatoms. The Morgan fingerprint density at radius 3 is 1.55 bits per heavy atom. The number of rotatable bonds is 38. The van der Waals surface area contributed by atoms with Gasteiger partial charge in [-0.2, -0.15) is 0 Å². The van der Waals surface area contributed by atoms with Crippen molar-refractivity contribution in [3.63, 3.8) is 0 Å². The van der Waals surface area contributed by atoms with E-state index < -0.39 is 11.1 Å². The topological polar surface area (TPSA) is 97.1 Å². The van der Waals surface area contributed by atoms with E-state index in [0.29, 0.717) is 26.2 Å². The number of non-ortho nitro benzene ring substituents is 1. The largest absolute Gasteiger partial charge is 0.513 e. The highest BCUT2D eigenvalue weighted by Crippen LogP contribution is 2.18. The third-order valence-corrected chi connectivity index (χ3v) is 9.40. The molecule has 0 aliphatic heterocycles. The number of allylic oxidation sites excluding steroid dienone is 8. The van der Waals surface area contributed by atoms with E-state index in [1.165, 1.54) is 133 Å². The van der Waals surface area contributed by atoms with Crippen LogP contribution in [0.2, 0.25) is 0 Å². The van der Waals surface area contributed by atoms with Gasteiger partial charge in [-0.1, -0.05) is 140 Å². The van der Waals surface area contributed by atoms with Gasteiger partial charge in [-0.3, -0.25) is 10.1 Å². The normalized spacial score (nSPS) is 12.5. The van der Waals surface area contributed by atoms with Gasteiger partial charge in [0.2, 0.25) is 0 Å². The fourth-order valence-corrected chi connectivity index (χ4v) is 6.00. The minimum Gasteiger partial charge on any atom is -0.434 e. The van der Waals surface area contributed by atoms with Crippen LogP contribution in [-0.4, -0.2) is 43.6 Å². The maximum atomic E-state index is 12.2. The van der Waals surface area contributed by atoms with E-state index in [1.807, 2.05) is 0 Å². The summed E-state index contributed by atoms with van der Waals surface area (Å²) in [5.41, 5.74) is -0.0732. The summed E-state index contributed by atoms with van der Waals surface area (Å²) < 4.78 is 22.6. The molecule has 1 rings (SSSR count). The average molecular weight is 768 g/mol. The first-order valence-corrected chi connectivity index (χ1v) is 21.9. The van der Waals surface area contributed by atoms with E-state index in [4.69, 9.17) is 18.9 Å². The molecular weight excluding hydrogens is 691 g/mol. The van der Waals surface area contributed by atoms with E-state index in [1.54, 1.807) is 0 Å². The molecule has 0 saturated carbocycles. The summed E-state index contributed by atoms with van der Waals surface area (Å²) >= 11 is 0. The molecular formula is C47H77NO7. The molecule has 1 unspecified atom stereocenters. The van der Waals surface area contributed by atoms with Crippen molar-refractivity contribution in [1.82, 2.24) is 0 Å². The van der Waals surface area contributed by atoms with Gasteiger partial charge in [-0.05, 0) is 89.2 Å². The predicted octanol–water partition coefficient (Wildman–Crippen LogP) is 14.5. The highest BCUT2D eigenvalue weighted by molar-refractivity contribution is 5.63. The molecule has 1 aromatic carbocycles. The molecule has 0 aliphatic rings. The van der Waals surface area contributed by atoms with E-state index >= 15 is 0 Å². The number of carbonyl (C=O) groups excluding carboxylic acids is 1. The van der Waals surface area contributed by atoms with Crippen molar-refractivity contribution in [1.29, 1.82) is 0 Å². The van der Waals surface area contributed by atoms with E-state index in [9.17, 15) is 14.9 Å². The van der Waals surface area contributed by atoms with Crippen molar-refractivity contribution < 1.29 is 28.7 Å². The van der Waals surface area contributed by atoms with Crippen LogP contribution in [-0.2, 0) is 14.2 Å². The maximum absolute atomic E-state index is 12.2. The van der Waals surface area contributed by atoms with Gasteiger partial charge in [0.15, 0.2) is 0 Å². The second-order valence-corrected chi connectivity index (χ2v) is 14.5. The van der Waals surface area contributed by atoms with Gasteiger partial charge in [0.25, 0.3) is 5.69 Å². The van der Waals surface area contributed by atoms with Crippen molar-refractivity contribution in [2.24, 2.45) is 0 Å². The second-order valence-electron chi connectivity index (χ2n) is 14.5. The fourth-order valence-electron chi connectivity index (χ4n) is 6.00. The SMILES string of the molecule is CCCCCC=CCC=CCCCCCCCCOCC(CCOC(=O)Oc1ccc([N+](=O)[O-])cc1)OCCCCCCCCC=CCC=CCCCCC. The Labute approximate surface area is 335 Å². The first-order valence-electron chi connectivity index (χ1n) is 21.9. The quantitative estimate of drug-likeness (QED) is 0.0165. The molecule has 0 spiro atoms. The van der Waals surface area contributed by atoms with E-state index in [2.05, 4.69) is 62.5 Å². The number of nitro groups is 1. The highest BCUT2D eigenvalue weighted by Gasteiger charge is 2.14. The lowest BCUT2D eigenvalue weighted by atomic mass is 10.1. The summed E-state index contributed by atoms with van der Waals surface area (Å²) in [6, 6.07) is 5.32. The highest BCUT2D eigenvalue weighted by atomic mass is 16.7. The number of carbonyl (C=O) groups is 1. The summed E-state index contributed by atoms with van der Waals surface area (Å²) in [5.74, 6) is 0.192. The summed E-state index contributed by atoms with van der Waals surface area (Å²) in [4.78, 5) is 22.6. The number of unbranched alkanes of at least 4 members (excludes halogenated alkanes) is 18. The maximum Gasteiger partial charge on any atom is 0.513 e. The van der Waals surface area contributed by atoms with Crippen LogP contribution in [0, 0.1) is 10.1 Å². The van der Waals surface area contributed by atoms with Gasteiger partial charge >= 0.3 is 6.16 Å². The zero-order chi connectivity index (χ0) is 39.7. The third kappa shape index (κ3) is 33.8. The number of nitrogens with zero attached hydrogens (tertiary/aromatic N) is 1. The van der Waals surface area contributed by atoms with Gasteiger partial charge in [-0.15, -0.1) is 0 Å². The molecule has 0 bridgehead atoms. The Bertz CT molecular complexity index is 1140. The smallest absolute Gasteiger partial charge is 0.434 e. The summed E-state index contributed by atoms with van der Waals surface area (Å²) in [6.07, 6.45) is 46.9. The number of ether oxygens (including phenoxy) is 4. The standard InChI is InChI=1S/C47H77NO7/c1-3-5-7-9-11-13-15-17-19-21-23-25-27-29-31-33-40-52-43-46(39-42-54-47(49)55-45-37-35-44(36-38-45)48(50)51)53-41-34-32-30-28-26-24-22-20-18-16-14-12-10-8-6-4-2/h11-14,17-20,35-38,46H,3-10,15-16,21-34,39-43H2,1-2H3. The van der Waals surface area contributed by atoms with Crippen LogP contribution in [0.3, 0.4) is 0 Å². The van der Waals surface area contributed by atoms with Crippen LogP contribution in [0.5, 0.6) is 5.75 Å². The molecule has 0 fully saturated rings. The lowest BCUT2D eigenvalue weighted by Gasteiger charge is -2.18. The lowest BCUT2D eigenvalue weighted by Crippen LogP contribution is -2.24. The molecule has 55 heavy (non-hydrogen) atoms. The monoisotopic (exact) mass is 768 g/mol. The second kappa shape index (κ2) is 39.0. The Hall–Kier alpha value is -3.23. The Morgan fingerprint density at radius 2 is 1.05 bits per heavy atom. The van der Waals surface area contributed by atoms with E-state index in [0.717, 1.165) is 44.9 Å². The summed E-state index contributed by atoms with van der Waals surface area (Å²) in [5, 5.41) is 10.9. The molecule has 1 aromatic rings. The minimum absolute atomic E-state index is 0.0732. The van der Waals surface area contributed by atoms with Crippen LogP contribution in [0.1, 0.15) is 174 Å². The molecule has 0 aromatic heterocycles. The van der Waals surface area contributed by atoms with Crippen molar-refractivity contribution in [3.8, 4) is 5.75 Å². The molecule has 1 atom stereocenters. The molecule has 0 aliphatic carbocycles. The predicted molar refractivity (Wildman–Crippen MR) is 229 cm³/mol. The molecule has 0 saturated heterocycles. The van der Waals surface area contributed by atoms with Crippen LogP contribution in [0.25, 0.3) is 0 Å². The first-order chi connectivity index (χ1) is 27.1. The number of hydrogen-bond acceptors (Lipinski definition) is 7. The van der Waals surface area contributed by atoms with E-state index in [-0.39, 0.29) is 24.1 Å². The van der Waals surface area contributed by atoms with Gasteiger partial charge in [0, 0.05) is 31.8 Å². The molecule has 312 valence electrons. The van der Waals surface area contributed by atoms with Crippen LogP contribution in [0.15, 0.2) is 72.9 Å². The van der Waals surface area contributed by atoms with Gasteiger partial charge < -0.3 is 18.9 Å². The van der Waals surface area contributed by atoms with Crippen LogP contribution >= 0.6 is 0 Å². The Balaban J connectivity index is 2.23. The van der Waals surface area contributed by atoms with Crippen LogP contribution < -0.4 is 4.74 Å². The Morgan fingerprint density at radius 1 is 0.600 bits per heavy atom. The minimum atomic E-state index is -0.847. The lowest BCUT2D eigenvalue weighted by molar-refractivity contribution is -0.384. The van der Waals surface area contributed by atoms with Crippen molar-refractivity contribution in [3.05, 3.63) is 83.0 Å². The molecule has 0 heterocycles. The molecule has 8 nitrogen and oxygen atoms in total. The number of benzene rings is 1. The molecule has 0 amide bonds. The zero-order valence-corrected chi connectivity index (χ0v) is 34.8. The van der Waals surface area contributed by atoms with Crippen LogP contribution in [0.4, 0.5) is 10.5 Å². The van der Waals surface area contributed by atoms with Gasteiger partial charge in [-0.25, -0.2) is 4.79 Å². The van der Waals surface area contributed by atoms with Crippen molar-refractivity contribution >= 4 is 11.8 Å². The van der Waals surface area contributed by atoms with Gasteiger partial charge in [0.1, 0.15) is 5.75 Å². The molecule has 0 N–H and O–H groups in total. The first kappa shape index (κ1) is 49.8. The number of hydrogen-bond donors (Lipinski definition) is 0. The van der Waals surface area contributed by atoms with Crippen molar-refractivity contribution in [2.75, 3.05) is 26.4 Å². The fraction of sp³-hybridized carbons (Fsp3) is 0.681. The molecule has 0 radical (unpaired) electrons. The average Bonchev–Trinajstić information content (AvgIpc) is 3.18. The summed E-state index contributed by atoms with van der Waals surface area (Å²) in [6.45, 7) is 6.43. The summed E-state index contributed by atoms with van der Waals surface area (Å²) in [7, 11) is 0. The number of nitro benzene ring substituents is 1. The van der Waals surface area contributed by atoms with Crippen molar-refractivity contribution in [2.45, 2.75) is 180 Å². The third-order valence-electron chi connectivity index (χ3n) is 9.40.